The van der Waals surface area contributed by atoms with Crippen molar-refractivity contribution < 1.29 is 14.6 Å². The number of benzene rings is 2. The van der Waals surface area contributed by atoms with Crippen LogP contribution in [0.15, 0.2) is 58.3 Å². The summed E-state index contributed by atoms with van der Waals surface area (Å²) >= 11 is 1.70. The molecule has 5 heteroatoms. The fourth-order valence-corrected chi connectivity index (χ4v) is 4.21. The lowest BCUT2D eigenvalue weighted by molar-refractivity contribution is -0.142. The minimum atomic E-state index is -0.782. The highest BCUT2D eigenvalue weighted by Gasteiger charge is 2.30. The van der Waals surface area contributed by atoms with E-state index in [4.69, 9.17) is 4.74 Å². The Hall–Kier alpha value is -1.98. The summed E-state index contributed by atoms with van der Waals surface area (Å²) in [7, 11) is 0. The van der Waals surface area contributed by atoms with Crippen LogP contribution < -0.4 is 4.74 Å². The zero-order chi connectivity index (χ0) is 20.3. The zero-order valence-electron chi connectivity index (χ0n) is 17.0. The normalized spacial score (nSPS) is 18.8. The molecule has 2 aromatic rings. The fraction of sp³-hybridized carbons (Fsp3) is 0.435. The van der Waals surface area contributed by atoms with Crippen LogP contribution in [0.2, 0.25) is 0 Å². The van der Waals surface area contributed by atoms with Crippen LogP contribution in [-0.4, -0.2) is 41.2 Å². The quantitative estimate of drug-likeness (QED) is 0.736. The van der Waals surface area contributed by atoms with Crippen molar-refractivity contribution in [2.75, 3.05) is 13.1 Å². The maximum absolute atomic E-state index is 11.2. The largest absolute Gasteiger partial charge is 0.488 e. The van der Waals surface area contributed by atoms with Crippen LogP contribution in [0.3, 0.4) is 0 Å². The maximum atomic E-state index is 11.2. The molecule has 2 aromatic carbocycles. The van der Waals surface area contributed by atoms with Gasteiger partial charge in [-0.1, -0.05) is 56.8 Å². The van der Waals surface area contributed by atoms with E-state index in [0.717, 1.165) is 23.6 Å². The lowest BCUT2D eigenvalue weighted by Gasteiger charge is -2.21. The molecule has 2 atom stereocenters. The average molecular weight is 400 g/mol. The molecule has 1 saturated heterocycles. The molecule has 3 rings (SSSR count). The first-order valence-electron chi connectivity index (χ1n) is 9.75. The molecule has 0 bridgehead atoms. The summed E-state index contributed by atoms with van der Waals surface area (Å²) < 4.78 is 6.26. The number of hydrogen-bond donors (Lipinski definition) is 1. The van der Waals surface area contributed by atoms with E-state index in [-0.39, 0.29) is 11.5 Å². The minimum absolute atomic E-state index is 0.0202. The molecule has 0 aliphatic carbocycles. The van der Waals surface area contributed by atoms with Gasteiger partial charge in [-0.15, -0.1) is 0 Å². The van der Waals surface area contributed by atoms with Crippen molar-refractivity contribution in [1.82, 2.24) is 4.90 Å². The van der Waals surface area contributed by atoms with Crippen molar-refractivity contribution in [2.24, 2.45) is 0 Å². The topological polar surface area (TPSA) is 49.8 Å². The van der Waals surface area contributed by atoms with Gasteiger partial charge in [0.2, 0.25) is 0 Å². The second-order valence-corrected chi connectivity index (χ2v) is 9.48. The van der Waals surface area contributed by atoms with Crippen LogP contribution in [0.4, 0.5) is 0 Å². The Labute approximate surface area is 171 Å². The van der Waals surface area contributed by atoms with Gasteiger partial charge in [0.05, 0.1) is 4.90 Å². The number of nitrogens with zero attached hydrogens (tertiary/aromatic N) is 1. The Bertz CT molecular complexity index is 813. The SMILES string of the molecule is CC(C(=O)O)N1CCC(Oc2ccccc2Sc2ccc(C(C)(C)C)cc2)C1. The van der Waals surface area contributed by atoms with E-state index < -0.39 is 12.0 Å². The van der Waals surface area contributed by atoms with Crippen molar-refractivity contribution in [3.05, 3.63) is 54.1 Å². The van der Waals surface area contributed by atoms with Gasteiger partial charge in [0, 0.05) is 18.0 Å². The third kappa shape index (κ3) is 5.09. The molecule has 0 spiro atoms. The van der Waals surface area contributed by atoms with Crippen LogP contribution in [0.25, 0.3) is 0 Å². The molecule has 0 radical (unpaired) electrons. The Morgan fingerprint density at radius 3 is 2.50 bits per heavy atom. The van der Waals surface area contributed by atoms with Crippen LogP contribution >= 0.6 is 11.8 Å². The number of carbonyl (C=O) groups is 1. The second-order valence-electron chi connectivity index (χ2n) is 8.36. The second kappa shape index (κ2) is 8.58. The summed E-state index contributed by atoms with van der Waals surface area (Å²) in [5.41, 5.74) is 1.46. The van der Waals surface area contributed by atoms with Crippen molar-refractivity contribution in [3.8, 4) is 5.75 Å². The molecule has 0 aromatic heterocycles. The van der Waals surface area contributed by atoms with Gasteiger partial charge in [0.25, 0.3) is 0 Å². The zero-order valence-corrected chi connectivity index (χ0v) is 17.8. The van der Waals surface area contributed by atoms with Crippen molar-refractivity contribution >= 4 is 17.7 Å². The van der Waals surface area contributed by atoms with E-state index in [2.05, 4.69) is 51.1 Å². The van der Waals surface area contributed by atoms with Gasteiger partial charge in [-0.25, -0.2) is 0 Å². The van der Waals surface area contributed by atoms with Crippen molar-refractivity contribution in [2.45, 2.75) is 61.5 Å². The van der Waals surface area contributed by atoms with E-state index in [1.807, 2.05) is 23.1 Å². The van der Waals surface area contributed by atoms with E-state index in [1.54, 1.807) is 18.7 Å². The van der Waals surface area contributed by atoms with E-state index in [0.29, 0.717) is 6.54 Å². The maximum Gasteiger partial charge on any atom is 0.320 e. The first kappa shape index (κ1) is 20.7. The summed E-state index contributed by atoms with van der Waals surface area (Å²) in [6, 6.07) is 16.3. The van der Waals surface area contributed by atoms with Crippen LogP contribution in [0.5, 0.6) is 5.75 Å². The third-order valence-corrected chi connectivity index (χ3v) is 6.24. The van der Waals surface area contributed by atoms with Gasteiger partial charge in [-0.3, -0.25) is 9.69 Å². The number of carboxylic acids is 1. The van der Waals surface area contributed by atoms with Gasteiger partial charge in [-0.05, 0) is 48.6 Å². The fourth-order valence-electron chi connectivity index (χ4n) is 3.32. The number of aliphatic carboxylic acids is 1. The Morgan fingerprint density at radius 1 is 1.18 bits per heavy atom. The average Bonchev–Trinajstić information content (AvgIpc) is 3.11. The summed E-state index contributed by atoms with van der Waals surface area (Å²) in [4.78, 5) is 15.4. The highest BCUT2D eigenvalue weighted by Crippen LogP contribution is 2.37. The molecule has 1 fully saturated rings. The first-order valence-corrected chi connectivity index (χ1v) is 10.6. The Kier molecular flexibility index (Phi) is 6.36. The smallest absolute Gasteiger partial charge is 0.320 e. The highest BCUT2D eigenvalue weighted by atomic mass is 32.2. The molecule has 28 heavy (non-hydrogen) atoms. The number of hydrogen-bond acceptors (Lipinski definition) is 4. The first-order chi connectivity index (χ1) is 13.2. The molecule has 2 unspecified atom stereocenters. The van der Waals surface area contributed by atoms with Crippen LogP contribution in [0, 0.1) is 0 Å². The van der Waals surface area contributed by atoms with Crippen molar-refractivity contribution in [3.63, 3.8) is 0 Å². The van der Waals surface area contributed by atoms with Gasteiger partial charge in [-0.2, -0.15) is 0 Å². The van der Waals surface area contributed by atoms with Gasteiger partial charge in [0.1, 0.15) is 17.9 Å². The number of rotatable bonds is 6. The summed E-state index contributed by atoms with van der Waals surface area (Å²) in [6.45, 7) is 9.78. The predicted octanol–water partition coefficient (Wildman–Crippen LogP) is 5.06. The van der Waals surface area contributed by atoms with Crippen molar-refractivity contribution in [1.29, 1.82) is 0 Å². The Balaban J connectivity index is 1.68. The van der Waals surface area contributed by atoms with Gasteiger partial charge < -0.3 is 9.84 Å². The van der Waals surface area contributed by atoms with Gasteiger partial charge in [0.15, 0.2) is 0 Å². The Morgan fingerprint density at radius 2 is 1.86 bits per heavy atom. The van der Waals surface area contributed by atoms with Crippen LogP contribution in [-0.2, 0) is 10.2 Å². The molecular weight excluding hydrogens is 370 g/mol. The highest BCUT2D eigenvalue weighted by molar-refractivity contribution is 7.99. The minimum Gasteiger partial charge on any atom is -0.488 e. The van der Waals surface area contributed by atoms with Gasteiger partial charge >= 0.3 is 5.97 Å². The summed E-state index contributed by atoms with van der Waals surface area (Å²) in [6.07, 6.45) is 0.864. The molecule has 150 valence electrons. The molecule has 1 N–H and O–H groups in total. The summed E-state index contributed by atoms with van der Waals surface area (Å²) in [5.74, 6) is 0.0811. The lowest BCUT2D eigenvalue weighted by atomic mass is 9.87. The standard InChI is InChI=1S/C23H29NO3S/c1-16(22(25)26)24-14-13-18(15-24)27-20-7-5-6-8-21(20)28-19-11-9-17(10-12-19)23(2,3)4/h5-12,16,18H,13-15H2,1-4H3,(H,25,26). The number of para-hydroxylation sites is 1. The third-order valence-electron chi connectivity index (χ3n) is 5.17. The predicted molar refractivity (Wildman–Crippen MR) is 113 cm³/mol. The number of ether oxygens (including phenoxy) is 1. The summed E-state index contributed by atoms with van der Waals surface area (Å²) in [5, 5.41) is 9.21. The number of likely N-dealkylation sites (tertiary alicyclic amines) is 1. The molecule has 4 nitrogen and oxygen atoms in total. The molecular formula is C23H29NO3S. The molecule has 1 aliphatic rings. The van der Waals surface area contributed by atoms with E-state index in [1.165, 1.54) is 10.5 Å². The molecule has 1 heterocycles. The number of carboxylic acid groups (broad SMARTS) is 1. The lowest BCUT2D eigenvalue weighted by Crippen LogP contribution is -2.38. The molecule has 0 amide bonds. The molecule has 1 aliphatic heterocycles. The van der Waals surface area contributed by atoms with E-state index >= 15 is 0 Å². The monoisotopic (exact) mass is 399 g/mol. The molecule has 0 saturated carbocycles. The van der Waals surface area contributed by atoms with E-state index in [9.17, 15) is 9.90 Å². The van der Waals surface area contributed by atoms with Crippen LogP contribution in [0.1, 0.15) is 39.7 Å².